The summed E-state index contributed by atoms with van der Waals surface area (Å²) in [7, 11) is 1.61. The van der Waals surface area contributed by atoms with Crippen LogP contribution in [0.2, 0.25) is 5.02 Å². The Labute approximate surface area is 177 Å². The summed E-state index contributed by atoms with van der Waals surface area (Å²) in [6.07, 6.45) is 0. The smallest absolute Gasteiger partial charge is 0.338 e. The molecule has 0 bridgehead atoms. The Morgan fingerprint density at radius 1 is 1.03 bits per heavy atom. The van der Waals surface area contributed by atoms with Crippen molar-refractivity contribution in [3.63, 3.8) is 0 Å². The SMILES string of the molecule is COc1ccc(-c2nc3ccc(C(=O)OCC(=O)c4ccccc4Cl)cc3[nH]2)cc1. The Kier molecular flexibility index (Phi) is 5.50. The summed E-state index contributed by atoms with van der Waals surface area (Å²) < 4.78 is 10.3. The fourth-order valence-corrected chi connectivity index (χ4v) is 3.24. The van der Waals surface area contributed by atoms with Gasteiger partial charge in [-0.25, -0.2) is 9.78 Å². The number of carbonyl (C=O) groups excluding carboxylic acids is 2. The number of aromatic nitrogens is 2. The van der Waals surface area contributed by atoms with Crippen LogP contribution in [0.1, 0.15) is 20.7 Å². The summed E-state index contributed by atoms with van der Waals surface area (Å²) in [5, 5.41) is 0.323. The van der Waals surface area contributed by atoms with E-state index in [9.17, 15) is 9.59 Å². The van der Waals surface area contributed by atoms with Crippen molar-refractivity contribution in [2.45, 2.75) is 0 Å². The molecule has 1 N–H and O–H groups in total. The average Bonchev–Trinajstić information content (AvgIpc) is 3.21. The number of halogens is 1. The standard InChI is InChI=1S/C23H17ClN2O4/c1-29-16-9-6-14(7-10-16)22-25-19-11-8-15(12-20(19)26-22)23(28)30-13-21(27)17-4-2-3-5-18(17)24/h2-12H,13H2,1H3,(H,25,26). The minimum Gasteiger partial charge on any atom is -0.497 e. The molecule has 0 atom stereocenters. The molecule has 0 aliphatic carbocycles. The number of Topliss-reactive ketones (excluding diaryl/α,β-unsaturated/α-hetero) is 1. The number of imidazole rings is 1. The monoisotopic (exact) mass is 420 g/mol. The van der Waals surface area contributed by atoms with Gasteiger partial charge in [-0.15, -0.1) is 0 Å². The predicted molar refractivity (Wildman–Crippen MR) is 114 cm³/mol. The Hall–Kier alpha value is -3.64. The van der Waals surface area contributed by atoms with Gasteiger partial charge in [0.1, 0.15) is 11.6 Å². The number of esters is 1. The summed E-state index contributed by atoms with van der Waals surface area (Å²) in [6, 6.07) is 19.1. The number of methoxy groups -OCH3 is 1. The number of aromatic amines is 1. The van der Waals surface area contributed by atoms with Crippen LogP contribution < -0.4 is 4.74 Å². The molecule has 0 saturated heterocycles. The van der Waals surface area contributed by atoms with Gasteiger partial charge in [0, 0.05) is 11.1 Å². The summed E-state index contributed by atoms with van der Waals surface area (Å²) >= 11 is 6.01. The average molecular weight is 421 g/mol. The first-order valence-corrected chi connectivity index (χ1v) is 9.52. The molecule has 0 unspecified atom stereocenters. The highest BCUT2D eigenvalue weighted by molar-refractivity contribution is 6.34. The largest absolute Gasteiger partial charge is 0.497 e. The molecule has 7 heteroatoms. The zero-order valence-corrected chi connectivity index (χ0v) is 16.8. The van der Waals surface area contributed by atoms with Gasteiger partial charge in [0.05, 0.1) is 28.7 Å². The number of rotatable bonds is 6. The van der Waals surface area contributed by atoms with Crippen LogP contribution in [0.3, 0.4) is 0 Å². The van der Waals surface area contributed by atoms with E-state index in [0.717, 1.165) is 11.3 Å². The van der Waals surface area contributed by atoms with E-state index in [1.54, 1.807) is 49.6 Å². The van der Waals surface area contributed by atoms with Crippen molar-refractivity contribution in [3.05, 3.63) is 82.9 Å². The lowest BCUT2D eigenvalue weighted by atomic mass is 10.1. The first-order chi connectivity index (χ1) is 14.5. The lowest BCUT2D eigenvalue weighted by Gasteiger charge is -2.05. The van der Waals surface area contributed by atoms with Crippen molar-refractivity contribution in [2.24, 2.45) is 0 Å². The van der Waals surface area contributed by atoms with Gasteiger partial charge >= 0.3 is 5.97 Å². The Morgan fingerprint density at radius 3 is 2.53 bits per heavy atom. The molecular weight excluding hydrogens is 404 g/mol. The van der Waals surface area contributed by atoms with Gasteiger partial charge < -0.3 is 14.5 Å². The van der Waals surface area contributed by atoms with Crippen molar-refractivity contribution in [1.29, 1.82) is 0 Å². The molecule has 150 valence electrons. The number of ketones is 1. The van der Waals surface area contributed by atoms with Crippen LogP contribution in [0.4, 0.5) is 0 Å². The van der Waals surface area contributed by atoms with Crippen LogP contribution in [-0.2, 0) is 4.74 Å². The second-order valence-electron chi connectivity index (χ2n) is 6.52. The molecule has 0 aliphatic rings. The van der Waals surface area contributed by atoms with Crippen LogP contribution >= 0.6 is 11.6 Å². The number of fused-ring (bicyclic) bond motifs is 1. The van der Waals surface area contributed by atoms with E-state index in [0.29, 0.717) is 33.0 Å². The molecule has 0 fully saturated rings. The lowest BCUT2D eigenvalue weighted by molar-refractivity contribution is 0.0475. The topological polar surface area (TPSA) is 81.3 Å². The van der Waals surface area contributed by atoms with Gasteiger partial charge in [-0.1, -0.05) is 23.7 Å². The minimum atomic E-state index is -0.599. The fraction of sp³-hybridized carbons (Fsp3) is 0.0870. The summed E-state index contributed by atoms with van der Waals surface area (Å²) in [4.78, 5) is 32.4. The van der Waals surface area contributed by atoms with E-state index in [4.69, 9.17) is 21.1 Å². The van der Waals surface area contributed by atoms with Crippen molar-refractivity contribution in [3.8, 4) is 17.1 Å². The van der Waals surface area contributed by atoms with E-state index >= 15 is 0 Å². The van der Waals surface area contributed by atoms with E-state index in [2.05, 4.69) is 9.97 Å². The first kappa shape index (κ1) is 19.7. The summed E-state index contributed by atoms with van der Waals surface area (Å²) in [6.45, 7) is -0.388. The van der Waals surface area contributed by atoms with Gasteiger partial charge in [0.15, 0.2) is 6.61 Å². The third-order valence-corrected chi connectivity index (χ3v) is 4.92. The number of hydrogen-bond donors (Lipinski definition) is 1. The molecule has 0 radical (unpaired) electrons. The van der Waals surface area contributed by atoms with Crippen LogP contribution in [0, 0.1) is 0 Å². The number of carbonyl (C=O) groups is 2. The molecule has 0 aliphatic heterocycles. The van der Waals surface area contributed by atoms with Crippen molar-refractivity contribution < 1.29 is 19.1 Å². The molecule has 0 saturated carbocycles. The molecule has 1 heterocycles. The van der Waals surface area contributed by atoms with E-state index in [1.807, 2.05) is 24.3 Å². The van der Waals surface area contributed by atoms with Crippen molar-refractivity contribution in [2.75, 3.05) is 13.7 Å². The summed E-state index contributed by atoms with van der Waals surface area (Å²) in [5.41, 5.74) is 2.93. The zero-order chi connectivity index (χ0) is 21.1. The van der Waals surface area contributed by atoms with E-state index in [-0.39, 0.29) is 12.4 Å². The summed E-state index contributed by atoms with van der Waals surface area (Å²) in [5.74, 6) is 0.467. The molecule has 0 spiro atoms. The van der Waals surface area contributed by atoms with Crippen LogP contribution in [0.25, 0.3) is 22.4 Å². The molecule has 1 aromatic heterocycles. The third-order valence-electron chi connectivity index (χ3n) is 4.59. The lowest BCUT2D eigenvalue weighted by Crippen LogP contribution is -2.14. The maximum absolute atomic E-state index is 12.4. The normalized spacial score (nSPS) is 10.7. The van der Waals surface area contributed by atoms with Gasteiger partial charge in [-0.05, 0) is 54.6 Å². The van der Waals surface area contributed by atoms with Crippen molar-refractivity contribution in [1.82, 2.24) is 9.97 Å². The van der Waals surface area contributed by atoms with Crippen LogP contribution in [-0.4, -0.2) is 35.4 Å². The highest BCUT2D eigenvalue weighted by Gasteiger charge is 2.15. The highest BCUT2D eigenvalue weighted by atomic mass is 35.5. The highest BCUT2D eigenvalue weighted by Crippen LogP contribution is 2.24. The number of nitrogens with one attached hydrogen (secondary N) is 1. The Bertz CT molecular complexity index is 1230. The molecule has 4 rings (SSSR count). The van der Waals surface area contributed by atoms with E-state index in [1.165, 1.54) is 0 Å². The second kappa shape index (κ2) is 8.39. The zero-order valence-electron chi connectivity index (χ0n) is 16.0. The van der Waals surface area contributed by atoms with Gasteiger partial charge in [0.2, 0.25) is 5.78 Å². The predicted octanol–water partition coefficient (Wildman–Crippen LogP) is 4.93. The fourth-order valence-electron chi connectivity index (χ4n) is 3.00. The molecule has 30 heavy (non-hydrogen) atoms. The first-order valence-electron chi connectivity index (χ1n) is 9.14. The van der Waals surface area contributed by atoms with Crippen LogP contribution in [0.15, 0.2) is 66.7 Å². The number of benzene rings is 3. The molecule has 6 nitrogen and oxygen atoms in total. The number of hydrogen-bond acceptors (Lipinski definition) is 5. The Morgan fingerprint density at radius 2 is 1.80 bits per heavy atom. The third kappa shape index (κ3) is 4.04. The number of ether oxygens (including phenoxy) is 2. The Balaban J connectivity index is 1.49. The quantitative estimate of drug-likeness (QED) is 0.353. The second-order valence-corrected chi connectivity index (χ2v) is 6.93. The molecule has 3 aromatic carbocycles. The van der Waals surface area contributed by atoms with Gasteiger partial charge in [0.25, 0.3) is 0 Å². The molecular formula is C23H17ClN2O4. The van der Waals surface area contributed by atoms with Gasteiger partial charge in [-0.2, -0.15) is 0 Å². The molecule has 4 aromatic rings. The number of H-pyrrole nitrogens is 1. The van der Waals surface area contributed by atoms with Crippen molar-refractivity contribution >= 4 is 34.4 Å². The minimum absolute atomic E-state index is 0.319. The van der Waals surface area contributed by atoms with E-state index < -0.39 is 5.97 Å². The molecule has 0 amide bonds. The number of nitrogens with zero attached hydrogens (tertiary/aromatic N) is 1. The van der Waals surface area contributed by atoms with Crippen LogP contribution in [0.5, 0.6) is 5.75 Å². The maximum atomic E-state index is 12.4. The maximum Gasteiger partial charge on any atom is 0.338 e. The van der Waals surface area contributed by atoms with Gasteiger partial charge in [-0.3, -0.25) is 4.79 Å².